The Kier molecular flexibility index (Phi) is 5.46. The molecule has 1 aromatic heterocycles. The predicted octanol–water partition coefficient (Wildman–Crippen LogP) is 2.41. The van der Waals surface area contributed by atoms with Crippen LogP contribution >= 0.6 is 15.9 Å². The van der Waals surface area contributed by atoms with Crippen molar-refractivity contribution in [3.8, 4) is 0 Å². The molecular weight excluding hydrogens is 332 g/mol. The summed E-state index contributed by atoms with van der Waals surface area (Å²) in [6.45, 7) is 11.5. The molecular formula is C15H27BrN4O. The van der Waals surface area contributed by atoms with Crippen LogP contribution in [0.3, 0.4) is 0 Å². The summed E-state index contributed by atoms with van der Waals surface area (Å²) in [7, 11) is 0. The number of ether oxygens (including phenoxy) is 1. The van der Waals surface area contributed by atoms with Crippen LogP contribution in [0, 0.1) is 18.8 Å². The van der Waals surface area contributed by atoms with Gasteiger partial charge in [0.2, 0.25) is 0 Å². The molecule has 5 unspecified atom stereocenters. The summed E-state index contributed by atoms with van der Waals surface area (Å²) in [4.78, 5) is 0. The second-order valence-electron chi connectivity index (χ2n) is 6.12. The Morgan fingerprint density at radius 1 is 1.38 bits per heavy atom. The largest absolute Gasteiger partial charge is 0.375 e. The highest BCUT2D eigenvalue weighted by molar-refractivity contribution is 9.10. The normalized spacial score (nSPS) is 30.8. The van der Waals surface area contributed by atoms with Gasteiger partial charge in [0.05, 0.1) is 28.1 Å². The number of nitrogens with one attached hydrogen (secondary N) is 1. The van der Waals surface area contributed by atoms with Gasteiger partial charge in [-0.2, -0.15) is 5.10 Å². The second-order valence-corrected chi connectivity index (χ2v) is 6.91. The first-order valence-corrected chi connectivity index (χ1v) is 8.53. The molecule has 0 saturated carbocycles. The Hall–Kier alpha value is -0.430. The summed E-state index contributed by atoms with van der Waals surface area (Å²) in [6, 6.07) is 0.178. The Morgan fingerprint density at radius 3 is 2.52 bits per heavy atom. The van der Waals surface area contributed by atoms with Gasteiger partial charge in [-0.1, -0.05) is 6.92 Å². The molecule has 5 atom stereocenters. The molecule has 1 aliphatic heterocycles. The third kappa shape index (κ3) is 3.18. The summed E-state index contributed by atoms with van der Waals surface area (Å²) in [6.07, 6.45) is 1.34. The van der Waals surface area contributed by atoms with Gasteiger partial charge >= 0.3 is 0 Å². The highest BCUT2D eigenvalue weighted by Gasteiger charge is 2.41. The molecule has 120 valence electrons. The first kappa shape index (κ1) is 16.9. The molecule has 0 bridgehead atoms. The van der Waals surface area contributed by atoms with E-state index < -0.39 is 0 Å². The number of aryl methyl sites for hydroxylation is 2. The fourth-order valence-electron chi connectivity index (χ4n) is 3.57. The molecule has 21 heavy (non-hydrogen) atoms. The van der Waals surface area contributed by atoms with Crippen molar-refractivity contribution in [2.45, 2.75) is 65.8 Å². The van der Waals surface area contributed by atoms with E-state index in [4.69, 9.17) is 10.6 Å². The number of hydrogen-bond acceptors (Lipinski definition) is 4. The van der Waals surface area contributed by atoms with Crippen molar-refractivity contribution < 1.29 is 4.74 Å². The Bertz CT molecular complexity index is 490. The number of rotatable bonds is 5. The molecule has 1 saturated heterocycles. The SMILES string of the molecule is CCn1nc(C)c(Br)c1CC(NN)C1C(C)OC(C)C1C. The maximum atomic E-state index is 5.97. The van der Waals surface area contributed by atoms with Crippen molar-refractivity contribution in [3.05, 3.63) is 15.9 Å². The molecule has 1 aliphatic rings. The minimum absolute atomic E-state index is 0.178. The minimum Gasteiger partial charge on any atom is -0.375 e. The van der Waals surface area contributed by atoms with Crippen LogP contribution in [0.25, 0.3) is 0 Å². The van der Waals surface area contributed by atoms with Gasteiger partial charge < -0.3 is 4.74 Å². The molecule has 2 rings (SSSR count). The van der Waals surface area contributed by atoms with Gasteiger partial charge in [0.1, 0.15) is 0 Å². The van der Waals surface area contributed by atoms with Crippen molar-refractivity contribution in [2.75, 3.05) is 0 Å². The summed E-state index contributed by atoms with van der Waals surface area (Å²) >= 11 is 3.67. The third-order valence-electron chi connectivity index (χ3n) is 4.86. The molecule has 0 amide bonds. The fourth-order valence-corrected chi connectivity index (χ4v) is 4.01. The fraction of sp³-hybridized carbons (Fsp3) is 0.800. The van der Waals surface area contributed by atoms with Crippen molar-refractivity contribution in [3.63, 3.8) is 0 Å². The zero-order chi connectivity index (χ0) is 15.7. The molecule has 0 aromatic carbocycles. The number of aromatic nitrogens is 2. The molecule has 0 radical (unpaired) electrons. The summed E-state index contributed by atoms with van der Waals surface area (Å²) in [5, 5.41) is 4.57. The maximum Gasteiger partial charge on any atom is 0.0738 e. The van der Waals surface area contributed by atoms with Gasteiger partial charge in [-0.3, -0.25) is 16.0 Å². The van der Waals surface area contributed by atoms with Crippen LogP contribution in [0.2, 0.25) is 0 Å². The number of nitrogens with two attached hydrogens (primary N) is 1. The molecule has 2 heterocycles. The predicted molar refractivity (Wildman–Crippen MR) is 87.8 cm³/mol. The highest BCUT2D eigenvalue weighted by Crippen LogP contribution is 2.36. The zero-order valence-corrected chi connectivity index (χ0v) is 15.1. The average molecular weight is 359 g/mol. The molecule has 0 aliphatic carbocycles. The van der Waals surface area contributed by atoms with E-state index in [1.165, 1.54) is 5.69 Å². The van der Waals surface area contributed by atoms with Gasteiger partial charge in [0.25, 0.3) is 0 Å². The van der Waals surface area contributed by atoms with Crippen LogP contribution in [0.15, 0.2) is 4.47 Å². The Balaban J connectivity index is 2.24. The van der Waals surface area contributed by atoms with E-state index in [-0.39, 0.29) is 18.2 Å². The first-order valence-electron chi connectivity index (χ1n) is 7.74. The van der Waals surface area contributed by atoms with Crippen LogP contribution < -0.4 is 11.3 Å². The van der Waals surface area contributed by atoms with E-state index in [9.17, 15) is 0 Å². The molecule has 6 heteroatoms. The van der Waals surface area contributed by atoms with Gasteiger partial charge in [-0.05, 0) is 49.5 Å². The lowest BCUT2D eigenvalue weighted by Crippen LogP contribution is -2.47. The lowest BCUT2D eigenvalue weighted by Gasteiger charge is -2.28. The summed E-state index contributed by atoms with van der Waals surface area (Å²) in [5.74, 6) is 6.75. The topological polar surface area (TPSA) is 65.1 Å². The number of nitrogens with zero attached hydrogens (tertiary/aromatic N) is 2. The van der Waals surface area contributed by atoms with Crippen molar-refractivity contribution in [2.24, 2.45) is 17.7 Å². The highest BCUT2D eigenvalue weighted by atomic mass is 79.9. The molecule has 3 N–H and O–H groups in total. The van der Waals surface area contributed by atoms with Crippen LogP contribution in [0.4, 0.5) is 0 Å². The van der Waals surface area contributed by atoms with E-state index in [0.29, 0.717) is 11.8 Å². The van der Waals surface area contributed by atoms with E-state index >= 15 is 0 Å². The molecule has 0 spiro atoms. The van der Waals surface area contributed by atoms with E-state index in [2.05, 4.69) is 58.8 Å². The quantitative estimate of drug-likeness (QED) is 0.626. The number of hydrogen-bond donors (Lipinski definition) is 2. The average Bonchev–Trinajstić information content (AvgIpc) is 2.86. The zero-order valence-electron chi connectivity index (χ0n) is 13.6. The van der Waals surface area contributed by atoms with Gasteiger partial charge in [-0.15, -0.1) is 0 Å². The summed E-state index contributed by atoms with van der Waals surface area (Å²) in [5.41, 5.74) is 5.25. The smallest absolute Gasteiger partial charge is 0.0738 e. The van der Waals surface area contributed by atoms with Crippen molar-refractivity contribution in [1.82, 2.24) is 15.2 Å². The van der Waals surface area contributed by atoms with Crippen molar-refractivity contribution >= 4 is 15.9 Å². The molecule has 5 nitrogen and oxygen atoms in total. The first-order chi connectivity index (χ1) is 9.90. The monoisotopic (exact) mass is 358 g/mol. The molecule has 1 aromatic rings. The Morgan fingerprint density at radius 2 is 2.05 bits per heavy atom. The van der Waals surface area contributed by atoms with Crippen molar-refractivity contribution in [1.29, 1.82) is 0 Å². The third-order valence-corrected chi connectivity index (χ3v) is 5.90. The number of hydrazine groups is 1. The van der Waals surface area contributed by atoms with Crippen LogP contribution in [0.5, 0.6) is 0 Å². The second kappa shape index (κ2) is 6.77. The van der Waals surface area contributed by atoms with E-state index in [0.717, 1.165) is 23.1 Å². The molecule has 1 fully saturated rings. The lowest BCUT2D eigenvalue weighted by atomic mass is 9.82. The van der Waals surface area contributed by atoms with Crippen LogP contribution in [0.1, 0.15) is 39.1 Å². The van der Waals surface area contributed by atoms with E-state index in [1.807, 2.05) is 6.92 Å². The minimum atomic E-state index is 0.178. The van der Waals surface area contributed by atoms with Crippen LogP contribution in [-0.4, -0.2) is 28.0 Å². The van der Waals surface area contributed by atoms with Gasteiger partial charge in [0.15, 0.2) is 0 Å². The van der Waals surface area contributed by atoms with Gasteiger partial charge in [0, 0.05) is 24.9 Å². The maximum absolute atomic E-state index is 5.97. The van der Waals surface area contributed by atoms with Crippen LogP contribution in [-0.2, 0) is 17.7 Å². The van der Waals surface area contributed by atoms with Gasteiger partial charge in [-0.25, -0.2) is 0 Å². The summed E-state index contributed by atoms with van der Waals surface area (Å²) < 4.78 is 9.12. The lowest BCUT2D eigenvalue weighted by molar-refractivity contribution is 0.0475. The standard InChI is InChI=1S/C15H27BrN4O/c1-6-20-13(15(16)9(3)19-20)7-12(18-17)14-8(2)10(4)21-11(14)5/h8,10-12,14,18H,6-7,17H2,1-5H3. The van der Waals surface area contributed by atoms with E-state index in [1.54, 1.807) is 0 Å². The number of halogens is 1. The Labute approximate surface area is 135 Å².